The molecule has 4 heterocycles. The van der Waals surface area contributed by atoms with E-state index in [0.717, 1.165) is 24.9 Å². The molecule has 2 N–H and O–H groups in total. The van der Waals surface area contributed by atoms with Gasteiger partial charge in [-0.25, -0.2) is 22.6 Å². The minimum atomic E-state index is -3.66. The van der Waals surface area contributed by atoms with Crippen molar-refractivity contribution >= 4 is 26.8 Å². The molecule has 0 spiro atoms. The van der Waals surface area contributed by atoms with Gasteiger partial charge < -0.3 is 10.3 Å². The van der Waals surface area contributed by atoms with Crippen molar-refractivity contribution in [1.29, 1.82) is 0 Å². The van der Waals surface area contributed by atoms with Crippen LogP contribution in [0.5, 0.6) is 0 Å². The van der Waals surface area contributed by atoms with Crippen molar-refractivity contribution in [3.8, 4) is 11.4 Å². The van der Waals surface area contributed by atoms with Crippen molar-refractivity contribution in [3.05, 3.63) is 40.6 Å². The number of hydrogen-bond donors (Lipinski definition) is 2. The van der Waals surface area contributed by atoms with Crippen LogP contribution in [-0.2, 0) is 16.6 Å². The van der Waals surface area contributed by atoms with E-state index in [1.54, 1.807) is 18.2 Å². The molecule has 11 nitrogen and oxygen atoms in total. The number of imidazole rings is 1. The molecule has 4 aromatic rings. The van der Waals surface area contributed by atoms with Gasteiger partial charge in [0.05, 0.1) is 11.6 Å². The first kappa shape index (κ1) is 20.8. The first-order valence-electron chi connectivity index (χ1n) is 10.6. The molecular formula is C20H24N8O3S. The SMILES string of the molecule is CCn1c(=O)n2cnnc2c2[nH]c(-c3cc(S(=O)(=O)N4CCCCNC4)ccc3C)nc21. The van der Waals surface area contributed by atoms with E-state index < -0.39 is 10.0 Å². The third kappa shape index (κ3) is 3.22. The zero-order valence-corrected chi connectivity index (χ0v) is 18.7. The number of hydrogen-bond acceptors (Lipinski definition) is 7. The third-order valence-corrected chi connectivity index (χ3v) is 7.71. The molecule has 5 rings (SSSR count). The van der Waals surface area contributed by atoms with E-state index in [4.69, 9.17) is 0 Å². The second-order valence-corrected chi connectivity index (χ2v) is 9.80. The van der Waals surface area contributed by atoms with Gasteiger partial charge in [-0.3, -0.25) is 4.57 Å². The lowest BCUT2D eigenvalue weighted by atomic mass is 10.1. The Labute approximate surface area is 184 Å². The summed E-state index contributed by atoms with van der Waals surface area (Å²) in [5, 5.41) is 11.1. The Hall–Kier alpha value is -3.09. The number of rotatable bonds is 4. The first-order chi connectivity index (χ1) is 15.4. The molecule has 1 saturated heterocycles. The molecule has 0 saturated carbocycles. The van der Waals surface area contributed by atoms with Gasteiger partial charge in [0.1, 0.15) is 17.7 Å². The normalized spacial score (nSPS) is 16.1. The van der Waals surface area contributed by atoms with Crippen molar-refractivity contribution in [2.24, 2.45) is 0 Å². The van der Waals surface area contributed by atoms with Gasteiger partial charge in [-0.2, -0.15) is 4.31 Å². The van der Waals surface area contributed by atoms with Crippen molar-refractivity contribution in [1.82, 2.24) is 38.8 Å². The van der Waals surface area contributed by atoms with Crippen LogP contribution in [0.1, 0.15) is 25.3 Å². The molecule has 0 radical (unpaired) electrons. The number of nitrogens with zero attached hydrogens (tertiary/aromatic N) is 6. The number of sulfonamides is 1. The Morgan fingerprint density at radius 3 is 2.84 bits per heavy atom. The lowest BCUT2D eigenvalue weighted by Crippen LogP contribution is -2.37. The zero-order chi connectivity index (χ0) is 22.5. The summed E-state index contributed by atoms with van der Waals surface area (Å²) in [5.41, 5.74) is 2.64. The fraction of sp³-hybridized carbons (Fsp3) is 0.400. The zero-order valence-electron chi connectivity index (χ0n) is 17.9. The lowest BCUT2D eigenvalue weighted by Gasteiger charge is -2.20. The maximum Gasteiger partial charge on any atom is 0.336 e. The molecule has 3 aromatic heterocycles. The quantitative estimate of drug-likeness (QED) is 0.470. The molecule has 1 fully saturated rings. The highest BCUT2D eigenvalue weighted by Gasteiger charge is 2.26. The van der Waals surface area contributed by atoms with E-state index in [1.165, 1.54) is 19.6 Å². The van der Waals surface area contributed by atoms with E-state index in [-0.39, 0.29) is 10.6 Å². The van der Waals surface area contributed by atoms with Crippen molar-refractivity contribution in [3.63, 3.8) is 0 Å². The minimum Gasteiger partial charge on any atom is -0.333 e. The maximum atomic E-state index is 13.3. The molecule has 12 heteroatoms. The van der Waals surface area contributed by atoms with E-state index in [1.807, 2.05) is 13.8 Å². The molecule has 168 valence electrons. The van der Waals surface area contributed by atoms with Gasteiger partial charge in [0.2, 0.25) is 10.0 Å². The third-order valence-electron chi connectivity index (χ3n) is 5.87. The number of nitrogens with one attached hydrogen (secondary N) is 2. The minimum absolute atomic E-state index is 0.211. The Kier molecular flexibility index (Phi) is 5.07. The highest BCUT2D eigenvalue weighted by atomic mass is 32.2. The van der Waals surface area contributed by atoms with Crippen molar-refractivity contribution < 1.29 is 8.42 Å². The van der Waals surface area contributed by atoms with Gasteiger partial charge in [-0.1, -0.05) is 6.07 Å². The van der Waals surface area contributed by atoms with E-state index in [9.17, 15) is 13.2 Å². The summed E-state index contributed by atoms with van der Waals surface area (Å²) in [6.45, 7) is 5.76. The summed E-state index contributed by atoms with van der Waals surface area (Å²) in [7, 11) is -3.66. The van der Waals surface area contributed by atoms with Crippen molar-refractivity contribution in [2.75, 3.05) is 19.8 Å². The molecule has 0 atom stereocenters. The molecule has 0 amide bonds. The fourth-order valence-electron chi connectivity index (χ4n) is 4.09. The van der Waals surface area contributed by atoms with Gasteiger partial charge in [-0.15, -0.1) is 10.2 Å². The Balaban J connectivity index is 1.66. The second kappa shape index (κ2) is 7.80. The Bertz CT molecular complexity index is 1480. The first-order valence-corrected chi connectivity index (χ1v) is 12.0. The van der Waals surface area contributed by atoms with Crippen LogP contribution in [-0.4, -0.2) is 61.6 Å². The van der Waals surface area contributed by atoms with Crippen LogP contribution in [0.25, 0.3) is 28.2 Å². The molecule has 0 bridgehead atoms. The average molecular weight is 457 g/mol. The van der Waals surface area contributed by atoms with E-state index in [2.05, 4.69) is 25.5 Å². The Morgan fingerprint density at radius 1 is 1.19 bits per heavy atom. The highest BCUT2D eigenvalue weighted by Crippen LogP contribution is 2.28. The van der Waals surface area contributed by atoms with Gasteiger partial charge in [-0.05, 0) is 50.9 Å². The number of aryl methyl sites for hydroxylation is 2. The van der Waals surface area contributed by atoms with E-state index >= 15 is 0 Å². The number of H-pyrrole nitrogens is 1. The van der Waals surface area contributed by atoms with Crippen LogP contribution < -0.4 is 11.0 Å². The summed E-state index contributed by atoms with van der Waals surface area (Å²) in [4.78, 5) is 20.8. The molecular weight excluding hydrogens is 432 g/mol. The Morgan fingerprint density at radius 2 is 2.03 bits per heavy atom. The molecule has 1 aromatic carbocycles. The van der Waals surface area contributed by atoms with Gasteiger partial charge in [0, 0.05) is 18.7 Å². The smallest absolute Gasteiger partial charge is 0.333 e. The summed E-state index contributed by atoms with van der Waals surface area (Å²) < 4.78 is 30.9. The second-order valence-electron chi connectivity index (χ2n) is 7.86. The summed E-state index contributed by atoms with van der Waals surface area (Å²) in [5.74, 6) is 0.473. The molecule has 1 aliphatic rings. The van der Waals surface area contributed by atoms with Crippen LogP contribution in [0.4, 0.5) is 0 Å². The monoisotopic (exact) mass is 456 g/mol. The van der Waals surface area contributed by atoms with E-state index in [0.29, 0.717) is 48.0 Å². The van der Waals surface area contributed by atoms with Crippen LogP contribution in [0.2, 0.25) is 0 Å². The molecule has 32 heavy (non-hydrogen) atoms. The van der Waals surface area contributed by atoms with Gasteiger partial charge in [0.15, 0.2) is 11.3 Å². The van der Waals surface area contributed by atoms with Gasteiger partial charge in [0.25, 0.3) is 0 Å². The fourth-order valence-corrected chi connectivity index (χ4v) is 5.52. The number of fused-ring (bicyclic) bond motifs is 3. The molecule has 1 aliphatic heterocycles. The largest absolute Gasteiger partial charge is 0.336 e. The topological polar surface area (TPSA) is 130 Å². The van der Waals surface area contributed by atoms with Crippen molar-refractivity contribution in [2.45, 2.75) is 38.1 Å². The summed E-state index contributed by atoms with van der Waals surface area (Å²) in [6.07, 6.45) is 3.13. The number of aromatic amines is 1. The van der Waals surface area contributed by atoms with Crippen LogP contribution >= 0.6 is 0 Å². The lowest BCUT2D eigenvalue weighted by molar-refractivity contribution is 0.407. The summed E-state index contributed by atoms with van der Waals surface area (Å²) >= 11 is 0. The maximum absolute atomic E-state index is 13.3. The number of benzene rings is 1. The van der Waals surface area contributed by atoms with Crippen LogP contribution in [0, 0.1) is 6.92 Å². The standard InChI is InChI=1S/C20H24N8O3S/c1-3-27-18-16(19-25-22-12-28(19)20(27)29)23-17(24-18)15-10-14(7-6-13(15)2)32(30,31)26-9-5-4-8-21-11-26/h6-7,10,12,21H,3-5,8-9,11H2,1-2H3,(H,23,24). The van der Waals surface area contributed by atoms with Crippen LogP contribution in [0.15, 0.2) is 34.2 Å². The highest BCUT2D eigenvalue weighted by molar-refractivity contribution is 7.89. The average Bonchev–Trinajstić information content (AvgIpc) is 3.34. The number of aromatic nitrogens is 6. The predicted octanol–water partition coefficient (Wildman–Crippen LogP) is 1.09. The van der Waals surface area contributed by atoms with Gasteiger partial charge >= 0.3 is 5.69 Å². The predicted molar refractivity (Wildman–Crippen MR) is 119 cm³/mol. The summed E-state index contributed by atoms with van der Waals surface area (Å²) in [6, 6.07) is 5.04. The van der Waals surface area contributed by atoms with Crippen LogP contribution in [0.3, 0.4) is 0 Å². The molecule has 0 aliphatic carbocycles. The molecule has 0 unspecified atom stereocenters.